The summed E-state index contributed by atoms with van der Waals surface area (Å²) in [6.45, 7) is 4.16. The molecule has 1 aliphatic carbocycles. The Balaban J connectivity index is 0.00000121. The summed E-state index contributed by atoms with van der Waals surface area (Å²) < 4.78 is 0. The number of piperazine rings is 1. The van der Waals surface area contributed by atoms with Gasteiger partial charge >= 0.3 is 0 Å². The zero-order valence-electron chi connectivity index (χ0n) is 12.6. The minimum absolute atomic E-state index is 0. The van der Waals surface area contributed by atoms with Crippen molar-refractivity contribution < 1.29 is 5.11 Å². The lowest BCUT2D eigenvalue weighted by Gasteiger charge is -2.39. The molecule has 0 unspecified atom stereocenters. The molecule has 1 saturated carbocycles. The van der Waals surface area contributed by atoms with Crippen molar-refractivity contribution in [1.29, 1.82) is 0 Å². The number of aromatic hydroxyl groups is 1. The van der Waals surface area contributed by atoms with E-state index in [-0.39, 0.29) is 30.6 Å². The van der Waals surface area contributed by atoms with E-state index in [4.69, 9.17) is 11.6 Å². The molecule has 2 N–H and O–H groups in total. The minimum Gasteiger partial charge on any atom is -0.506 e. The highest BCUT2D eigenvalue weighted by Crippen LogP contribution is 2.44. The van der Waals surface area contributed by atoms with Gasteiger partial charge < -0.3 is 10.4 Å². The molecule has 1 atom stereocenters. The van der Waals surface area contributed by atoms with Crippen molar-refractivity contribution in [3.63, 3.8) is 0 Å². The second-order valence-corrected chi connectivity index (χ2v) is 6.36. The molecule has 0 amide bonds. The van der Waals surface area contributed by atoms with Crippen LogP contribution in [0.5, 0.6) is 5.75 Å². The molecule has 1 heterocycles. The van der Waals surface area contributed by atoms with Crippen LogP contribution in [0, 0.1) is 5.92 Å². The fourth-order valence-electron chi connectivity index (χ4n) is 3.75. The molecule has 0 bridgehead atoms. The maximum Gasteiger partial charge on any atom is 0.138 e. The van der Waals surface area contributed by atoms with Crippen LogP contribution < -0.4 is 5.32 Å². The van der Waals surface area contributed by atoms with Gasteiger partial charge in [-0.15, -0.1) is 24.8 Å². The summed E-state index contributed by atoms with van der Waals surface area (Å²) in [6.07, 6.45) is 5.16. The van der Waals surface area contributed by atoms with Gasteiger partial charge in [-0.05, 0) is 24.8 Å². The SMILES string of the molecule is Cl.Cl.Oc1c(Cl)cccc1[C@H](C1CCCC1)N1CCNCC1. The van der Waals surface area contributed by atoms with Crippen molar-refractivity contribution in [1.82, 2.24) is 10.2 Å². The third-order valence-corrected chi connectivity index (χ3v) is 5.03. The van der Waals surface area contributed by atoms with Gasteiger partial charge in [-0.2, -0.15) is 0 Å². The second-order valence-electron chi connectivity index (χ2n) is 5.95. The maximum atomic E-state index is 10.4. The van der Waals surface area contributed by atoms with E-state index in [1.807, 2.05) is 12.1 Å². The highest BCUT2D eigenvalue weighted by atomic mass is 35.5. The highest BCUT2D eigenvalue weighted by Gasteiger charge is 2.33. The van der Waals surface area contributed by atoms with Crippen molar-refractivity contribution in [3.05, 3.63) is 28.8 Å². The molecule has 6 heteroatoms. The number of phenols is 1. The zero-order valence-corrected chi connectivity index (χ0v) is 15.0. The van der Waals surface area contributed by atoms with Crippen LogP contribution in [0.25, 0.3) is 0 Å². The van der Waals surface area contributed by atoms with Crippen molar-refractivity contribution >= 4 is 36.4 Å². The predicted octanol–water partition coefficient (Wildman–Crippen LogP) is 4.03. The number of nitrogens with one attached hydrogen (secondary N) is 1. The van der Waals surface area contributed by atoms with Crippen molar-refractivity contribution in [2.24, 2.45) is 5.92 Å². The molecule has 2 fully saturated rings. The third-order valence-electron chi connectivity index (χ3n) is 4.73. The summed E-state index contributed by atoms with van der Waals surface area (Å²) in [6, 6.07) is 6.09. The molecule has 1 aromatic rings. The van der Waals surface area contributed by atoms with Crippen LogP contribution in [-0.2, 0) is 0 Å². The minimum atomic E-state index is 0. The Morgan fingerprint density at radius 1 is 1.14 bits per heavy atom. The summed E-state index contributed by atoms with van der Waals surface area (Å²) in [4.78, 5) is 2.53. The Hall–Kier alpha value is -0.190. The first kappa shape index (κ1) is 19.9. The third kappa shape index (κ3) is 4.21. The van der Waals surface area contributed by atoms with Gasteiger partial charge in [-0.25, -0.2) is 0 Å². The number of para-hydroxylation sites is 1. The van der Waals surface area contributed by atoms with E-state index in [2.05, 4.69) is 10.2 Å². The normalized spacial score (nSPS) is 21.0. The van der Waals surface area contributed by atoms with Gasteiger partial charge in [0.15, 0.2) is 0 Å². The highest BCUT2D eigenvalue weighted by molar-refractivity contribution is 6.32. The predicted molar refractivity (Wildman–Crippen MR) is 96.8 cm³/mol. The number of halogens is 3. The van der Waals surface area contributed by atoms with Crippen molar-refractivity contribution in [3.8, 4) is 5.75 Å². The summed E-state index contributed by atoms with van der Waals surface area (Å²) in [5.41, 5.74) is 1.02. The van der Waals surface area contributed by atoms with Crippen LogP contribution in [0.4, 0.5) is 0 Å². The average molecular weight is 368 g/mol. The summed E-state index contributed by atoms with van der Waals surface area (Å²) in [5, 5.41) is 14.3. The zero-order chi connectivity index (χ0) is 13.9. The van der Waals surface area contributed by atoms with Crippen molar-refractivity contribution in [2.75, 3.05) is 26.2 Å². The van der Waals surface area contributed by atoms with E-state index in [0.29, 0.717) is 17.0 Å². The van der Waals surface area contributed by atoms with Gasteiger partial charge in [0.2, 0.25) is 0 Å². The largest absolute Gasteiger partial charge is 0.506 e. The van der Waals surface area contributed by atoms with Crippen LogP contribution in [-0.4, -0.2) is 36.2 Å². The van der Waals surface area contributed by atoms with E-state index in [1.54, 1.807) is 6.07 Å². The number of rotatable bonds is 3. The first-order valence-corrected chi connectivity index (χ1v) is 8.07. The number of benzene rings is 1. The quantitative estimate of drug-likeness (QED) is 0.847. The summed E-state index contributed by atoms with van der Waals surface area (Å²) >= 11 is 6.12. The van der Waals surface area contributed by atoms with Gasteiger partial charge in [-0.3, -0.25) is 4.90 Å². The lowest BCUT2D eigenvalue weighted by molar-refractivity contribution is 0.123. The van der Waals surface area contributed by atoms with E-state index in [9.17, 15) is 5.11 Å². The molecular weight excluding hydrogens is 343 g/mol. The number of nitrogens with zero attached hydrogens (tertiary/aromatic N) is 1. The van der Waals surface area contributed by atoms with E-state index in [1.165, 1.54) is 25.7 Å². The maximum absolute atomic E-state index is 10.4. The molecule has 3 rings (SSSR count). The van der Waals surface area contributed by atoms with Gasteiger partial charge in [0, 0.05) is 37.8 Å². The molecule has 3 nitrogen and oxygen atoms in total. The topological polar surface area (TPSA) is 35.5 Å². The van der Waals surface area contributed by atoms with Gasteiger partial charge in [0.25, 0.3) is 0 Å². The molecule has 1 aliphatic heterocycles. The standard InChI is InChI=1S/C16H23ClN2O.2ClH/c17-14-7-3-6-13(16(14)20)15(12-4-1-2-5-12)19-10-8-18-9-11-19;;/h3,6-7,12,15,18,20H,1-2,4-5,8-11H2;2*1H/t15-;;/m0../s1. The Kier molecular flexibility index (Phi) is 8.29. The molecule has 22 heavy (non-hydrogen) atoms. The van der Waals surface area contributed by atoms with Crippen LogP contribution in [0.1, 0.15) is 37.3 Å². The molecule has 1 saturated heterocycles. The second kappa shape index (κ2) is 9.19. The smallest absolute Gasteiger partial charge is 0.138 e. The van der Waals surface area contributed by atoms with Crippen molar-refractivity contribution in [2.45, 2.75) is 31.7 Å². The van der Waals surface area contributed by atoms with E-state index < -0.39 is 0 Å². The Bertz CT molecular complexity index is 461. The van der Waals surface area contributed by atoms with Gasteiger partial charge in [-0.1, -0.05) is 36.6 Å². The van der Waals surface area contributed by atoms with Crippen LogP contribution in [0.3, 0.4) is 0 Å². The molecule has 2 aliphatic rings. The average Bonchev–Trinajstić information content (AvgIpc) is 2.99. The molecule has 0 aromatic heterocycles. The fourth-order valence-corrected chi connectivity index (χ4v) is 3.93. The van der Waals surface area contributed by atoms with Gasteiger partial charge in [0.1, 0.15) is 5.75 Å². The first-order valence-electron chi connectivity index (χ1n) is 7.69. The number of hydrogen-bond donors (Lipinski definition) is 2. The molecule has 0 radical (unpaired) electrons. The Labute approximate surface area is 150 Å². The van der Waals surface area contributed by atoms with Crippen LogP contribution in [0.2, 0.25) is 5.02 Å². The molecular formula is C16H25Cl3N2O. The summed E-state index contributed by atoms with van der Waals surface area (Å²) in [5.74, 6) is 0.932. The van der Waals surface area contributed by atoms with Crippen LogP contribution >= 0.6 is 36.4 Å². The van der Waals surface area contributed by atoms with Gasteiger partial charge in [0.05, 0.1) is 5.02 Å². The number of hydrogen-bond acceptors (Lipinski definition) is 3. The monoisotopic (exact) mass is 366 g/mol. The lowest BCUT2D eigenvalue weighted by atomic mass is 9.89. The molecule has 1 aromatic carbocycles. The van der Waals surface area contributed by atoms with E-state index in [0.717, 1.165) is 31.7 Å². The van der Waals surface area contributed by atoms with E-state index >= 15 is 0 Å². The first-order chi connectivity index (χ1) is 9.77. The molecule has 0 spiro atoms. The molecule has 126 valence electrons. The number of phenolic OH excluding ortho intramolecular Hbond substituents is 1. The summed E-state index contributed by atoms with van der Waals surface area (Å²) in [7, 11) is 0. The Morgan fingerprint density at radius 3 is 2.41 bits per heavy atom. The fraction of sp³-hybridized carbons (Fsp3) is 0.625. The van der Waals surface area contributed by atoms with Crippen LogP contribution in [0.15, 0.2) is 18.2 Å². The Morgan fingerprint density at radius 2 is 1.77 bits per heavy atom. The lowest BCUT2D eigenvalue weighted by Crippen LogP contribution is -2.46.